The van der Waals surface area contributed by atoms with Gasteiger partial charge in [-0.3, -0.25) is 4.68 Å². The van der Waals surface area contributed by atoms with Crippen LogP contribution >= 0.6 is 11.6 Å². The van der Waals surface area contributed by atoms with E-state index in [0.29, 0.717) is 5.69 Å². The van der Waals surface area contributed by atoms with Crippen molar-refractivity contribution in [1.29, 1.82) is 0 Å². The number of rotatable bonds is 1. The van der Waals surface area contributed by atoms with Crippen LogP contribution < -0.4 is 0 Å². The Balaban J connectivity index is 2.57. The maximum absolute atomic E-state index is 12.5. The summed E-state index contributed by atoms with van der Waals surface area (Å²) < 4.78 is 38.9. The minimum atomic E-state index is -4.63. The highest BCUT2D eigenvalue weighted by Crippen LogP contribution is 2.29. The van der Waals surface area contributed by atoms with E-state index < -0.39 is 12.0 Å². The van der Waals surface area contributed by atoms with Crippen LogP contribution in [0.25, 0.3) is 11.4 Å². The predicted octanol–water partition coefficient (Wildman–Crippen LogP) is 2.55. The highest BCUT2D eigenvalue weighted by atomic mass is 35.5. The summed E-state index contributed by atoms with van der Waals surface area (Å²) in [5.41, 5.74) is 0.511. The molecule has 0 radical (unpaired) electrons. The number of halogens is 4. The number of alkyl halides is 3. The number of nitrogens with zero attached hydrogens (tertiary/aromatic N) is 4. The van der Waals surface area contributed by atoms with E-state index in [4.69, 9.17) is 11.6 Å². The third-order valence-corrected chi connectivity index (χ3v) is 2.23. The molecule has 0 atom stereocenters. The van der Waals surface area contributed by atoms with E-state index in [1.165, 1.54) is 16.9 Å². The molecule has 0 aromatic carbocycles. The molecule has 2 aromatic rings. The summed E-state index contributed by atoms with van der Waals surface area (Å²) in [6.07, 6.45) is -3.17. The second-order valence-corrected chi connectivity index (χ2v) is 3.62. The van der Waals surface area contributed by atoms with Gasteiger partial charge in [-0.05, 0) is 6.07 Å². The molecular weight excluding hydrogens is 257 g/mol. The molecule has 2 aromatic heterocycles. The van der Waals surface area contributed by atoms with E-state index in [-0.39, 0.29) is 10.8 Å². The summed E-state index contributed by atoms with van der Waals surface area (Å²) in [7, 11) is 1.60. The molecule has 2 rings (SSSR count). The number of hydrogen-bond donors (Lipinski definition) is 0. The first kappa shape index (κ1) is 11.8. The summed E-state index contributed by atoms with van der Waals surface area (Å²) in [5.74, 6) is -1.26. The minimum Gasteiger partial charge on any atom is -0.266 e. The van der Waals surface area contributed by atoms with Gasteiger partial charge in [0.25, 0.3) is 0 Å². The number of hydrogen-bond acceptors (Lipinski definition) is 3. The normalized spacial score (nSPS) is 11.8. The van der Waals surface area contributed by atoms with Gasteiger partial charge in [0.1, 0.15) is 5.15 Å². The Hall–Kier alpha value is -1.63. The van der Waals surface area contributed by atoms with Gasteiger partial charge < -0.3 is 0 Å². The van der Waals surface area contributed by atoms with Crippen molar-refractivity contribution in [2.75, 3.05) is 0 Å². The Morgan fingerprint density at radius 2 is 2.00 bits per heavy atom. The standard InChI is InChI=1S/C9H6ClF3N4/c1-17-6(2-3-14-17)5-4-7(10)16-8(15-5)9(11,12)13/h2-4H,1H3. The molecule has 0 aliphatic rings. The first-order valence-corrected chi connectivity index (χ1v) is 4.86. The lowest BCUT2D eigenvalue weighted by Crippen LogP contribution is -2.12. The molecule has 90 valence electrons. The third-order valence-electron chi connectivity index (χ3n) is 2.03. The maximum Gasteiger partial charge on any atom is 0.451 e. The van der Waals surface area contributed by atoms with E-state index in [1.807, 2.05) is 0 Å². The zero-order valence-electron chi connectivity index (χ0n) is 8.53. The van der Waals surface area contributed by atoms with E-state index in [9.17, 15) is 13.2 Å². The summed E-state index contributed by atoms with van der Waals surface area (Å²) in [6.45, 7) is 0. The van der Waals surface area contributed by atoms with Crippen molar-refractivity contribution in [3.8, 4) is 11.4 Å². The number of aryl methyl sites for hydroxylation is 1. The monoisotopic (exact) mass is 262 g/mol. The average molecular weight is 263 g/mol. The highest BCUT2D eigenvalue weighted by molar-refractivity contribution is 6.29. The smallest absolute Gasteiger partial charge is 0.266 e. The fraction of sp³-hybridized carbons (Fsp3) is 0.222. The molecule has 2 heterocycles. The van der Waals surface area contributed by atoms with Gasteiger partial charge in [-0.2, -0.15) is 18.3 Å². The lowest BCUT2D eigenvalue weighted by atomic mass is 10.3. The quantitative estimate of drug-likeness (QED) is 0.742. The predicted molar refractivity (Wildman–Crippen MR) is 54.2 cm³/mol. The van der Waals surface area contributed by atoms with Crippen LogP contribution in [0.2, 0.25) is 5.15 Å². The van der Waals surface area contributed by atoms with Crippen molar-refractivity contribution in [2.24, 2.45) is 7.05 Å². The molecule has 0 aliphatic heterocycles. The molecule has 0 amide bonds. The number of aromatic nitrogens is 4. The molecule has 0 fully saturated rings. The van der Waals surface area contributed by atoms with Crippen LogP contribution in [0.1, 0.15) is 5.82 Å². The zero-order chi connectivity index (χ0) is 12.6. The van der Waals surface area contributed by atoms with Crippen molar-refractivity contribution < 1.29 is 13.2 Å². The van der Waals surface area contributed by atoms with Gasteiger partial charge in [0.05, 0.1) is 11.4 Å². The van der Waals surface area contributed by atoms with Gasteiger partial charge in [-0.15, -0.1) is 0 Å². The minimum absolute atomic E-state index is 0.0809. The van der Waals surface area contributed by atoms with E-state index >= 15 is 0 Å². The molecule has 8 heteroatoms. The van der Waals surface area contributed by atoms with Crippen LogP contribution in [0.4, 0.5) is 13.2 Å². The first-order valence-electron chi connectivity index (χ1n) is 4.48. The largest absolute Gasteiger partial charge is 0.451 e. The lowest BCUT2D eigenvalue weighted by molar-refractivity contribution is -0.144. The van der Waals surface area contributed by atoms with E-state index in [0.717, 1.165) is 0 Å². The fourth-order valence-electron chi connectivity index (χ4n) is 1.30. The van der Waals surface area contributed by atoms with Gasteiger partial charge in [0.2, 0.25) is 5.82 Å². The highest BCUT2D eigenvalue weighted by Gasteiger charge is 2.35. The second-order valence-electron chi connectivity index (χ2n) is 3.24. The van der Waals surface area contributed by atoms with Crippen molar-refractivity contribution in [3.05, 3.63) is 29.3 Å². The molecule has 0 aliphatic carbocycles. The van der Waals surface area contributed by atoms with E-state index in [1.54, 1.807) is 13.1 Å². The van der Waals surface area contributed by atoms with Gasteiger partial charge in [-0.1, -0.05) is 11.6 Å². The SMILES string of the molecule is Cn1nccc1-c1cc(Cl)nc(C(F)(F)F)n1. The van der Waals surface area contributed by atoms with Crippen LogP contribution in [0.15, 0.2) is 18.3 Å². The molecule has 0 saturated heterocycles. The molecule has 4 nitrogen and oxygen atoms in total. The molecule has 0 unspecified atom stereocenters. The lowest BCUT2D eigenvalue weighted by Gasteiger charge is -2.07. The van der Waals surface area contributed by atoms with Crippen LogP contribution in [0.5, 0.6) is 0 Å². The molecular formula is C9H6ClF3N4. The molecule has 0 spiro atoms. The molecule has 0 bridgehead atoms. The van der Waals surface area contributed by atoms with Crippen molar-refractivity contribution in [2.45, 2.75) is 6.18 Å². The van der Waals surface area contributed by atoms with Gasteiger partial charge in [-0.25, -0.2) is 9.97 Å². The fourth-order valence-corrected chi connectivity index (χ4v) is 1.48. The topological polar surface area (TPSA) is 43.6 Å². The average Bonchev–Trinajstić information content (AvgIpc) is 2.62. The van der Waals surface area contributed by atoms with Crippen LogP contribution in [0, 0.1) is 0 Å². The summed E-state index contributed by atoms with van der Waals surface area (Å²) >= 11 is 5.54. The van der Waals surface area contributed by atoms with Crippen molar-refractivity contribution >= 4 is 11.6 Å². The Labute approximate surface area is 99.1 Å². The summed E-state index contributed by atoms with van der Waals surface area (Å²) in [6, 6.07) is 2.80. The Bertz CT molecular complexity index is 549. The first-order chi connectivity index (χ1) is 7.88. The van der Waals surface area contributed by atoms with E-state index in [2.05, 4.69) is 15.1 Å². The van der Waals surface area contributed by atoms with Crippen LogP contribution in [-0.2, 0) is 13.2 Å². The van der Waals surface area contributed by atoms with Gasteiger partial charge >= 0.3 is 6.18 Å². The second kappa shape index (κ2) is 3.99. The zero-order valence-corrected chi connectivity index (χ0v) is 9.29. The van der Waals surface area contributed by atoms with Crippen LogP contribution in [0.3, 0.4) is 0 Å². The van der Waals surface area contributed by atoms with Crippen LogP contribution in [-0.4, -0.2) is 19.7 Å². The summed E-state index contributed by atoms with van der Waals surface area (Å²) in [5, 5.41) is 3.59. The van der Waals surface area contributed by atoms with Crippen molar-refractivity contribution in [3.63, 3.8) is 0 Å². The Morgan fingerprint density at radius 1 is 1.29 bits per heavy atom. The van der Waals surface area contributed by atoms with Gasteiger partial charge in [0.15, 0.2) is 0 Å². The summed E-state index contributed by atoms with van der Waals surface area (Å²) in [4.78, 5) is 6.57. The maximum atomic E-state index is 12.5. The Kier molecular flexibility index (Phi) is 2.78. The van der Waals surface area contributed by atoms with Crippen molar-refractivity contribution in [1.82, 2.24) is 19.7 Å². The molecule has 0 saturated carbocycles. The Morgan fingerprint density at radius 3 is 2.53 bits per heavy atom. The molecule has 17 heavy (non-hydrogen) atoms. The third kappa shape index (κ3) is 2.38. The molecule has 0 N–H and O–H groups in total. The van der Waals surface area contributed by atoms with Gasteiger partial charge in [0, 0.05) is 19.3 Å².